The minimum atomic E-state index is -0.118. The topological polar surface area (TPSA) is 108 Å². The van der Waals surface area contributed by atoms with Crippen molar-refractivity contribution in [2.75, 3.05) is 5.32 Å². The number of carbonyl (C=O) groups excluding carboxylic acids is 1. The Balaban J connectivity index is 1.33. The van der Waals surface area contributed by atoms with Crippen molar-refractivity contribution < 1.29 is 4.79 Å². The molecule has 0 saturated heterocycles. The molecule has 5 rings (SSSR count). The van der Waals surface area contributed by atoms with Gasteiger partial charge >= 0.3 is 0 Å². The molecule has 3 N–H and O–H groups in total. The molecule has 0 unspecified atom stereocenters. The fourth-order valence-corrected chi connectivity index (χ4v) is 4.48. The average Bonchev–Trinajstić information content (AvgIpc) is 3.18. The monoisotopic (exact) mass is 415 g/mol. The number of benzene rings is 1. The van der Waals surface area contributed by atoms with Crippen LogP contribution in [0.2, 0.25) is 0 Å². The maximum Gasteiger partial charge on any atom is 0.224 e. The van der Waals surface area contributed by atoms with Crippen molar-refractivity contribution >= 4 is 33.9 Å². The zero-order chi connectivity index (χ0) is 21.4. The Morgan fingerprint density at radius 3 is 2.68 bits per heavy atom. The third-order valence-corrected chi connectivity index (χ3v) is 6.11. The summed E-state index contributed by atoms with van der Waals surface area (Å²) in [5, 5.41) is 7.52. The molecule has 3 heterocycles. The summed E-state index contributed by atoms with van der Waals surface area (Å²) in [6.07, 6.45) is 11.0. The van der Waals surface area contributed by atoms with Crippen molar-refractivity contribution in [3.8, 4) is 11.1 Å². The number of aromatic nitrogens is 5. The van der Waals surface area contributed by atoms with Crippen molar-refractivity contribution in [2.45, 2.75) is 51.1 Å². The van der Waals surface area contributed by atoms with Crippen LogP contribution < -0.4 is 10.6 Å². The quantitative estimate of drug-likeness (QED) is 0.468. The van der Waals surface area contributed by atoms with Crippen LogP contribution in [0.15, 0.2) is 43.0 Å². The molecule has 8 nitrogen and oxygen atoms in total. The molecule has 1 aliphatic rings. The van der Waals surface area contributed by atoms with Crippen LogP contribution in [0.5, 0.6) is 0 Å². The lowest BCUT2D eigenvalue weighted by Gasteiger charge is -2.38. The minimum absolute atomic E-state index is 0.0312. The summed E-state index contributed by atoms with van der Waals surface area (Å²) in [6, 6.07) is 6.35. The van der Waals surface area contributed by atoms with E-state index in [4.69, 9.17) is 0 Å². The van der Waals surface area contributed by atoms with E-state index in [1.807, 2.05) is 30.6 Å². The molecule has 8 heteroatoms. The number of amides is 1. The van der Waals surface area contributed by atoms with E-state index in [9.17, 15) is 4.79 Å². The first kappa shape index (κ1) is 19.4. The number of fused-ring (bicyclic) bond motifs is 2. The summed E-state index contributed by atoms with van der Waals surface area (Å²) in [7, 11) is 0. The Labute approximate surface area is 179 Å². The SMILES string of the molecule is CC(=O)N[C@]1(C)CC[C@@H](Nc2ncc3c(-c4ccc5nccnc5c4)c[nH]c3n2)CC1. The van der Waals surface area contributed by atoms with Crippen LogP contribution in [-0.2, 0) is 4.79 Å². The van der Waals surface area contributed by atoms with Gasteiger partial charge < -0.3 is 15.6 Å². The standard InChI is InChI=1S/C23H25N7O/c1-14(31)30-23(2)7-5-16(6-8-23)28-22-27-13-18-17(12-26-21(18)29-22)15-3-4-19-20(11-15)25-10-9-24-19/h3-4,9-13,16H,5-8H2,1-2H3,(H,30,31)(H2,26,27,28,29)/t16-,23-. The van der Waals surface area contributed by atoms with Crippen LogP contribution in [0.1, 0.15) is 39.5 Å². The molecule has 0 atom stereocenters. The van der Waals surface area contributed by atoms with Gasteiger partial charge in [-0.15, -0.1) is 0 Å². The third kappa shape index (κ3) is 3.93. The second kappa shape index (κ2) is 7.61. The van der Waals surface area contributed by atoms with Crippen molar-refractivity contribution in [3.05, 3.63) is 43.0 Å². The highest BCUT2D eigenvalue weighted by Crippen LogP contribution is 2.31. The van der Waals surface area contributed by atoms with Crippen LogP contribution in [0.3, 0.4) is 0 Å². The third-order valence-electron chi connectivity index (χ3n) is 6.11. The second-order valence-corrected chi connectivity index (χ2v) is 8.58. The molecule has 0 spiro atoms. The number of rotatable bonds is 4. The van der Waals surface area contributed by atoms with Crippen molar-refractivity contribution in [1.29, 1.82) is 0 Å². The van der Waals surface area contributed by atoms with Crippen molar-refractivity contribution in [1.82, 2.24) is 30.2 Å². The number of carbonyl (C=O) groups is 1. The zero-order valence-corrected chi connectivity index (χ0v) is 17.6. The van der Waals surface area contributed by atoms with E-state index >= 15 is 0 Å². The lowest BCUT2D eigenvalue weighted by molar-refractivity contribution is -0.121. The van der Waals surface area contributed by atoms with Gasteiger partial charge in [-0.25, -0.2) is 4.98 Å². The van der Waals surface area contributed by atoms with Crippen LogP contribution in [0.25, 0.3) is 33.2 Å². The fourth-order valence-electron chi connectivity index (χ4n) is 4.48. The number of hydrogen-bond acceptors (Lipinski definition) is 6. The Morgan fingerprint density at radius 2 is 1.90 bits per heavy atom. The highest BCUT2D eigenvalue weighted by atomic mass is 16.1. The van der Waals surface area contributed by atoms with E-state index in [-0.39, 0.29) is 11.4 Å². The summed E-state index contributed by atoms with van der Waals surface area (Å²) < 4.78 is 0. The van der Waals surface area contributed by atoms with E-state index in [1.165, 1.54) is 0 Å². The van der Waals surface area contributed by atoms with E-state index in [0.717, 1.165) is 58.9 Å². The highest BCUT2D eigenvalue weighted by Gasteiger charge is 2.31. The van der Waals surface area contributed by atoms with Gasteiger partial charge in [0.1, 0.15) is 5.65 Å². The minimum Gasteiger partial charge on any atom is -0.351 e. The lowest BCUT2D eigenvalue weighted by atomic mass is 9.81. The van der Waals surface area contributed by atoms with Crippen LogP contribution >= 0.6 is 0 Å². The Kier molecular flexibility index (Phi) is 4.77. The number of hydrogen-bond donors (Lipinski definition) is 3. The summed E-state index contributed by atoms with van der Waals surface area (Å²) in [4.78, 5) is 32.7. The van der Waals surface area contributed by atoms with Gasteiger partial charge in [0.15, 0.2) is 0 Å². The number of nitrogens with one attached hydrogen (secondary N) is 3. The Morgan fingerprint density at radius 1 is 1.13 bits per heavy atom. The summed E-state index contributed by atoms with van der Waals surface area (Å²) in [6.45, 7) is 3.70. The van der Waals surface area contributed by atoms with Crippen LogP contribution in [0, 0.1) is 0 Å². The molecule has 0 aliphatic heterocycles. The van der Waals surface area contributed by atoms with E-state index in [0.29, 0.717) is 12.0 Å². The molecule has 3 aromatic heterocycles. The summed E-state index contributed by atoms with van der Waals surface area (Å²) in [5.41, 5.74) is 4.50. The van der Waals surface area contributed by atoms with Crippen molar-refractivity contribution in [3.63, 3.8) is 0 Å². The maximum atomic E-state index is 11.4. The first-order valence-corrected chi connectivity index (χ1v) is 10.6. The van der Waals surface area contributed by atoms with E-state index < -0.39 is 0 Å². The van der Waals surface area contributed by atoms with Gasteiger partial charge in [0, 0.05) is 54.2 Å². The summed E-state index contributed by atoms with van der Waals surface area (Å²) >= 11 is 0. The average molecular weight is 416 g/mol. The smallest absolute Gasteiger partial charge is 0.224 e. The number of aromatic amines is 1. The molecule has 1 fully saturated rings. The van der Waals surface area contributed by atoms with Gasteiger partial charge in [-0.05, 0) is 50.3 Å². The Hall–Kier alpha value is -3.55. The fraction of sp³-hybridized carbons (Fsp3) is 0.348. The Bertz CT molecular complexity index is 1260. The van der Waals surface area contributed by atoms with Gasteiger partial charge in [0.2, 0.25) is 11.9 Å². The van der Waals surface area contributed by atoms with E-state index in [2.05, 4.69) is 42.5 Å². The molecule has 1 saturated carbocycles. The molecule has 31 heavy (non-hydrogen) atoms. The van der Waals surface area contributed by atoms with Gasteiger partial charge in [-0.3, -0.25) is 14.8 Å². The van der Waals surface area contributed by atoms with E-state index in [1.54, 1.807) is 19.3 Å². The molecule has 1 amide bonds. The molecular formula is C23H25N7O. The zero-order valence-electron chi connectivity index (χ0n) is 17.6. The molecule has 0 radical (unpaired) electrons. The lowest BCUT2D eigenvalue weighted by Crippen LogP contribution is -2.49. The number of H-pyrrole nitrogens is 1. The van der Waals surface area contributed by atoms with Crippen molar-refractivity contribution in [2.24, 2.45) is 0 Å². The molecule has 158 valence electrons. The number of nitrogens with zero attached hydrogens (tertiary/aromatic N) is 4. The molecule has 4 aromatic rings. The largest absolute Gasteiger partial charge is 0.351 e. The summed E-state index contributed by atoms with van der Waals surface area (Å²) in [5.74, 6) is 0.655. The highest BCUT2D eigenvalue weighted by molar-refractivity contribution is 5.95. The molecule has 1 aromatic carbocycles. The first-order chi connectivity index (χ1) is 15.0. The van der Waals surface area contributed by atoms with Gasteiger partial charge in [-0.2, -0.15) is 4.98 Å². The molecule has 0 bridgehead atoms. The molecule has 1 aliphatic carbocycles. The molecular weight excluding hydrogens is 390 g/mol. The normalized spacial score (nSPS) is 21.3. The van der Waals surface area contributed by atoms with Crippen LogP contribution in [0.4, 0.5) is 5.95 Å². The second-order valence-electron chi connectivity index (χ2n) is 8.58. The predicted octanol–water partition coefficient (Wildman–Crippen LogP) is 3.82. The predicted molar refractivity (Wildman–Crippen MR) is 121 cm³/mol. The van der Waals surface area contributed by atoms with Gasteiger partial charge in [-0.1, -0.05) is 6.07 Å². The van der Waals surface area contributed by atoms with Crippen LogP contribution in [-0.4, -0.2) is 42.4 Å². The van der Waals surface area contributed by atoms with Gasteiger partial charge in [0.05, 0.1) is 11.0 Å². The first-order valence-electron chi connectivity index (χ1n) is 10.6. The number of anilines is 1. The maximum absolute atomic E-state index is 11.4. The van der Waals surface area contributed by atoms with Gasteiger partial charge in [0.25, 0.3) is 0 Å².